The molecule has 6 aromatic rings. The summed E-state index contributed by atoms with van der Waals surface area (Å²) in [7, 11) is 3.50. The molecule has 0 saturated carbocycles. The summed E-state index contributed by atoms with van der Waals surface area (Å²) in [6, 6.07) is 37.8. The Balaban J connectivity index is 1.42. The maximum absolute atomic E-state index is 6.63. The Kier molecular flexibility index (Phi) is 5.10. The van der Waals surface area contributed by atoms with Gasteiger partial charge >= 0.3 is 7.48 Å². The maximum Gasteiger partial charge on any atom is 0.308 e. The summed E-state index contributed by atoms with van der Waals surface area (Å²) in [4.78, 5) is 0. The van der Waals surface area contributed by atoms with Crippen molar-refractivity contribution in [2.24, 2.45) is 0 Å². The van der Waals surface area contributed by atoms with Crippen LogP contribution in [0.25, 0.3) is 44.2 Å². The van der Waals surface area contributed by atoms with Crippen molar-refractivity contribution in [2.45, 2.75) is 37.4 Å². The molecule has 0 fully saturated rings. The van der Waals surface area contributed by atoms with Crippen molar-refractivity contribution in [3.05, 3.63) is 125 Å². The van der Waals surface area contributed by atoms with E-state index in [2.05, 4.69) is 127 Å². The van der Waals surface area contributed by atoms with Gasteiger partial charge in [-0.1, -0.05) is 116 Å². The molecule has 3 unspecified atom stereocenters. The molecule has 40 heavy (non-hydrogen) atoms. The first-order chi connectivity index (χ1) is 19.4. The summed E-state index contributed by atoms with van der Waals surface area (Å²) in [5.74, 6) is 0. The van der Waals surface area contributed by atoms with Crippen LogP contribution in [0.15, 0.2) is 108 Å². The van der Waals surface area contributed by atoms with Gasteiger partial charge in [-0.2, -0.15) is 0 Å². The van der Waals surface area contributed by atoms with Crippen molar-refractivity contribution < 1.29 is 9.07 Å². The summed E-state index contributed by atoms with van der Waals surface area (Å²) < 4.78 is 13.0. The van der Waals surface area contributed by atoms with E-state index in [0.717, 1.165) is 16.6 Å². The predicted octanol–water partition coefficient (Wildman–Crippen LogP) is 7.97. The van der Waals surface area contributed by atoms with Gasteiger partial charge in [-0.15, -0.1) is 9.24 Å². The molecule has 0 N–H and O–H groups in total. The van der Waals surface area contributed by atoms with Crippen LogP contribution >= 0.6 is 9.24 Å². The zero-order valence-electron chi connectivity index (χ0n) is 23.0. The van der Waals surface area contributed by atoms with Crippen LogP contribution in [-0.4, -0.2) is 18.7 Å². The van der Waals surface area contributed by atoms with Gasteiger partial charge in [-0.25, -0.2) is 0 Å². The molecular formula is C36H30BO2P. The highest BCUT2D eigenvalue weighted by molar-refractivity contribution is 7.19. The Morgan fingerprint density at radius 3 is 2.20 bits per heavy atom. The monoisotopic (exact) mass is 536 g/mol. The molecule has 8 rings (SSSR count). The smallest absolute Gasteiger partial charge is 0.308 e. The molecule has 2 nitrogen and oxygen atoms in total. The van der Waals surface area contributed by atoms with Crippen LogP contribution in [0.5, 0.6) is 0 Å². The number of benzene rings is 5. The van der Waals surface area contributed by atoms with Crippen molar-refractivity contribution in [3.8, 4) is 22.3 Å². The lowest BCUT2D eigenvalue weighted by Gasteiger charge is -2.31. The molecule has 0 aliphatic heterocycles. The average molecular weight is 536 g/mol. The van der Waals surface area contributed by atoms with Crippen LogP contribution in [0, 0.1) is 0 Å². The number of hydrogen-bond acceptors (Lipinski definition) is 2. The number of rotatable bonds is 4. The molecule has 5 aromatic carbocycles. The Morgan fingerprint density at radius 1 is 0.725 bits per heavy atom. The van der Waals surface area contributed by atoms with E-state index in [0.29, 0.717) is 7.48 Å². The fraction of sp³-hybridized carbons (Fsp3) is 0.167. The maximum atomic E-state index is 6.63. The molecular weight excluding hydrogens is 506 g/mol. The summed E-state index contributed by atoms with van der Waals surface area (Å²) in [6.45, 7) is 6.55. The van der Waals surface area contributed by atoms with E-state index in [1.165, 1.54) is 55.4 Å². The molecule has 194 valence electrons. The second-order valence-corrected chi connectivity index (χ2v) is 13.4. The van der Waals surface area contributed by atoms with Gasteiger partial charge in [0.1, 0.15) is 11.2 Å². The first-order valence-corrected chi connectivity index (χ1v) is 14.6. The second-order valence-electron chi connectivity index (χ2n) is 12.0. The standard InChI is InChI=1S/C36H30BO2P/c1-21(35(2,3)40)39-37-22-16-17-24-23-10-4-7-13-28(23)36(31(24)20-22)29-14-8-5-12-27(29)33-30(36)19-18-26-25-11-6-9-15-32(25)38-34(26)33/h4-21,37H,40H2,1-3H3. The van der Waals surface area contributed by atoms with Crippen LogP contribution < -0.4 is 5.46 Å². The van der Waals surface area contributed by atoms with E-state index in [1.54, 1.807) is 0 Å². The molecule has 0 bridgehead atoms. The van der Waals surface area contributed by atoms with E-state index < -0.39 is 5.41 Å². The molecule has 0 saturated heterocycles. The zero-order valence-corrected chi connectivity index (χ0v) is 24.1. The number of furan rings is 1. The Labute approximate surface area is 237 Å². The third-order valence-electron chi connectivity index (χ3n) is 9.21. The quantitative estimate of drug-likeness (QED) is 0.168. The highest BCUT2D eigenvalue weighted by Gasteiger charge is 2.52. The van der Waals surface area contributed by atoms with Gasteiger partial charge in [0.05, 0.1) is 5.41 Å². The van der Waals surface area contributed by atoms with Crippen molar-refractivity contribution in [1.29, 1.82) is 0 Å². The van der Waals surface area contributed by atoms with Gasteiger partial charge in [-0.05, 0) is 51.9 Å². The lowest BCUT2D eigenvalue weighted by Crippen LogP contribution is -2.34. The predicted molar refractivity (Wildman–Crippen MR) is 171 cm³/mol. The molecule has 1 spiro atoms. The van der Waals surface area contributed by atoms with E-state index in [-0.39, 0.29) is 11.3 Å². The Bertz CT molecular complexity index is 1980. The van der Waals surface area contributed by atoms with Crippen LogP contribution in [0.2, 0.25) is 0 Å². The van der Waals surface area contributed by atoms with E-state index >= 15 is 0 Å². The minimum Gasteiger partial charge on any atom is -0.455 e. The van der Waals surface area contributed by atoms with Crippen molar-refractivity contribution in [2.75, 3.05) is 0 Å². The van der Waals surface area contributed by atoms with E-state index in [9.17, 15) is 0 Å². The van der Waals surface area contributed by atoms with Crippen molar-refractivity contribution >= 4 is 44.1 Å². The summed E-state index contributed by atoms with van der Waals surface area (Å²) in [6.07, 6.45) is 0.117. The third-order valence-corrected chi connectivity index (χ3v) is 9.68. The van der Waals surface area contributed by atoms with Crippen LogP contribution in [0.1, 0.15) is 43.0 Å². The number of para-hydroxylation sites is 1. The number of hydrogen-bond donors (Lipinski definition) is 0. The third kappa shape index (κ3) is 3.14. The molecule has 2 aliphatic carbocycles. The van der Waals surface area contributed by atoms with Gasteiger partial charge in [0.15, 0.2) is 0 Å². The molecule has 4 heteroatoms. The minimum absolute atomic E-state index is 0.00940. The van der Waals surface area contributed by atoms with Gasteiger partial charge in [0.2, 0.25) is 0 Å². The van der Waals surface area contributed by atoms with Crippen molar-refractivity contribution in [3.63, 3.8) is 0 Å². The van der Waals surface area contributed by atoms with Gasteiger partial charge < -0.3 is 9.07 Å². The van der Waals surface area contributed by atoms with Crippen LogP contribution in [0.3, 0.4) is 0 Å². The van der Waals surface area contributed by atoms with Crippen LogP contribution in [-0.2, 0) is 10.1 Å². The largest absolute Gasteiger partial charge is 0.455 e. The molecule has 0 radical (unpaired) electrons. The highest BCUT2D eigenvalue weighted by Crippen LogP contribution is 2.63. The topological polar surface area (TPSA) is 22.4 Å². The normalized spacial score (nSPS) is 17.6. The summed E-state index contributed by atoms with van der Waals surface area (Å²) in [5, 5.41) is 2.34. The zero-order chi connectivity index (χ0) is 27.2. The fourth-order valence-electron chi connectivity index (χ4n) is 6.97. The molecule has 1 aromatic heterocycles. The minimum atomic E-state index is -0.410. The molecule has 1 heterocycles. The fourth-order valence-corrected chi connectivity index (χ4v) is 7.07. The van der Waals surface area contributed by atoms with E-state index in [4.69, 9.17) is 9.07 Å². The van der Waals surface area contributed by atoms with Crippen LogP contribution in [0.4, 0.5) is 0 Å². The Hall–Kier alpha value is -3.65. The highest BCUT2D eigenvalue weighted by atomic mass is 31.0. The van der Waals surface area contributed by atoms with Crippen molar-refractivity contribution in [1.82, 2.24) is 0 Å². The first kappa shape index (κ1) is 24.2. The van der Waals surface area contributed by atoms with E-state index in [1.807, 2.05) is 6.07 Å². The first-order valence-electron chi connectivity index (χ1n) is 14.1. The lowest BCUT2D eigenvalue weighted by atomic mass is 9.69. The number of fused-ring (bicyclic) bond motifs is 14. The molecule has 0 amide bonds. The summed E-state index contributed by atoms with van der Waals surface area (Å²) >= 11 is 0. The van der Waals surface area contributed by atoms with Gasteiger partial charge in [0.25, 0.3) is 0 Å². The Morgan fingerprint density at radius 2 is 1.40 bits per heavy atom. The second kappa shape index (κ2) is 8.43. The van der Waals surface area contributed by atoms with Gasteiger partial charge in [0, 0.05) is 27.6 Å². The SMILES string of the molecule is CC(OBc1ccc2c(c1)C1(c3ccccc3-2)c2ccccc2-c2c1ccc1c2oc2ccccc21)C(C)(C)P. The summed E-state index contributed by atoms with van der Waals surface area (Å²) in [5.41, 5.74) is 13.0. The average Bonchev–Trinajstić information content (AvgIpc) is 3.59. The molecule has 3 atom stereocenters. The lowest BCUT2D eigenvalue weighted by molar-refractivity contribution is 0.200. The van der Waals surface area contributed by atoms with Gasteiger partial charge in [-0.3, -0.25) is 0 Å². The molecule has 2 aliphatic rings.